The van der Waals surface area contributed by atoms with E-state index in [2.05, 4.69) is 39.3 Å². The molecular formula is C16H21BrFN3. The Kier molecular flexibility index (Phi) is 5.53. The van der Waals surface area contributed by atoms with Gasteiger partial charge < -0.3 is 5.32 Å². The molecule has 0 fully saturated rings. The van der Waals surface area contributed by atoms with E-state index in [4.69, 9.17) is 0 Å². The second kappa shape index (κ2) is 7.18. The molecule has 0 bridgehead atoms. The highest BCUT2D eigenvalue weighted by Gasteiger charge is 2.15. The number of halogens is 2. The summed E-state index contributed by atoms with van der Waals surface area (Å²) in [6, 6.07) is 7.45. The highest BCUT2D eigenvalue weighted by molar-refractivity contribution is 9.10. The maximum absolute atomic E-state index is 13.4. The summed E-state index contributed by atoms with van der Waals surface area (Å²) in [5, 5.41) is 7.92. The molecule has 1 aromatic heterocycles. The number of aryl methyl sites for hydroxylation is 2. The lowest BCUT2D eigenvalue weighted by atomic mass is 10.0. The van der Waals surface area contributed by atoms with Crippen LogP contribution in [0.25, 0.3) is 0 Å². The zero-order chi connectivity index (χ0) is 15.4. The Morgan fingerprint density at radius 1 is 1.38 bits per heavy atom. The van der Waals surface area contributed by atoms with E-state index in [0.717, 1.165) is 30.6 Å². The van der Waals surface area contributed by atoms with Crippen LogP contribution in [0, 0.1) is 12.7 Å². The second-order valence-corrected chi connectivity index (χ2v) is 6.14. The quantitative estimate of drug-likeness (QED) is 0.852. The van der Waals surface area contributed by atoms with Gasteiger partial charge in [0.15, 0.2) is 0 Å². The molecule has 1 heterocycles. The largest absolute Gasteiger partial charge is 0.310 e. The van der Waals surface area contributed by atoms with Gasteiger partial charge in [0.25, 0.3) is 0 Å². The van der Waals surface area contributed by atoms with E-state index in [1.807, 2.05) is 30.8 Å². The molecule has 0 saturated carbocycles. The van der Waals surface area contributed by atoms with Gasteiger partial charge in [-0.25, -0.2) is 4.39 Å². The minimum Gasteiger partial charge on any atom is -0.310 e. The average molecular weight is 354 g/mol. The van der Waals surface area contributed by atoms with Gasteiger partial charge in [0, 0.05) is 25.2 Å². The van der Waals surface area contributed by atoms with Gasteiger partial charge >= 0.3 is 0 Å². The summed E-state index contributed by atoms with van der Waals surface area (Å²) in [7, 11) is 1.96. The maximum atomic E-state index is 13.4. The highest BCUT2D eigenvalue weighted by atomic mass is 79.9. The zero-order valence-electron chi connectivity index (χ0n) is 12.7. The SMILES string of the molecule is CCCNC(Cc1cc(C)nn1C)c1ccc(F)c(Br)c1. The molecule has 0 aliphatic carbocycles. The smallest absolute Gasteiger partial charge is 0.137 e. The van der Waals surface area contributed by atoms with E-state index < -0.39 is 0 Å². The first-order valence-corrected chi connectivity index (χ1v) is 7.98. The predicted octanol–water partition coefficient (Wildman–Crippen LogP) is 3.91. The molecule has 0 aliphatic heterocycles. The Hall–Kier alpha value is -1.20. The lowest BCUT2D eigenvalue weighted by Gasteiger charge is -2.19. The summed E-state index contributed by atoms with van der Waals surface area (Å²) in [4.78, 5) is 0. The predicted molar refractivity (Wildman–Crippen MR) is 86.8 cm³/mol. The molecule has 0 amide bonds. The van der Waals surface area contributed by atoms with Crippen LogP contribution in [0.4, 0.5) is 4.39 Å². The van der Waals surface area contributed by atoms with Crippen LogP contribution < -0.4 is 5.32 Å². The van der Waals surface area contributed by atoms with Crippen molar-refractivity contribution in [2.24, 2.45) is 7.05 Å². The average Bonchev–Trinajstić information content (AvgIpc) is 2.76. The topological polar surface area (TPSA) is 29.9 Å². The second-order valence-electron chi connectivity index (χ2n) is 5.29. The maximum Gasteiger partial charge on any atom is 0.137 e. The fraction of sp³-hybridized carbons (Fsp3) is 0.438. The van der Waals surface area contributed by atoms with Crippen LogP contribution in [0.2, 0.25) is 0 Å². The van der Waals surface area contributed by atoms with Gasteiger partial charge in [0.2, 0.25) is 0 Å². The summed E-state index contributed by atoms with van der Waals surface area (Å²) < 4.78 is 15.8. The molecule has 0 radical (unpaired) electrons. The van der Waals surface area contributed by atoms with E-state index in [-0.39, 0.29) is 11.9 Å². The number of aromatic nitrogens is 2. The standard InChI is InChI=1S/C16H21BrFN3/c1-4-7-19-16(10-13-8-11(2)20-21(13)3)12-5-6-15(18)14(17)9-12/h5-6,8-9,16,19H,4,7,10H2,1-3H3. The molecular weight excluding hydrogens is 333 g/mol. The fourth-order valence-corrected chi connectivity index (χ4v) is 2.82. The number of benzene rings is 1. The number of nitrogens with one attached hydrogen (secondary N) is 1. The van der Waals surface area contributed by atoms with Crippen LogP contribution in [0.1, 0.15) is 36.3 Å². The van der Waals surface area contributed by atoms with Crippen molar-refractivity contribution in [1.82, 2.24) is 15.1 Å². The molecule has 21 heavy (non-hydrogen) atoms. The minimum atomic E-state index is -0.232. The molecule has 3 nitrogen and oxygen atoms in total. The summed E-state index contributed by atoms with van der Waals surface area (Å²) >= 11 is 3.27. The Balaban J connectivity index is 2.24. The first kappa shape index (κ1) is 16.2. The molecule has 5 heteroatoms. The van der Waals surface area contributed by atoms with Gasteiger partial charge in [-0.05, 0) is 59.6 Å². The summed E-state index contributed by atoms with van der Waals surface area (Å²) in [5.41, 5.74) is 3.26. The van der Waals surface area contributed by atoms with Crippen LogP contribution in [0.3, 0.4) is 0 Å². The van der Waals surface area contributed by atoms with Crippen LogP contribution in [0.15, 0.2) is 28.7 Å². The molecule has 1 N–H and O–H groups in total. The van der Waals surface area contributed by atoms with Crippen LogP contribution in [-0.4, -0.2) is 16.3 Å². The van der Waals surface area contributed by atoms with Crippen molar-refractivity contribution >= 4 is 15.9 Å². The zero-order valence-corrected chi connectivity index (χ0v) is 14.2. The summed E-state index contributed by atoms with van der Waals surface area (Å²) in [5.74, 6) is -0.232. The lowest BCUT2D eigenvalue weighted by Crippen LogP contribution is -2.25. The van der Waals surface area contributed by atoms with Crippen LogP contribution >= 0.6 is 15.9 Å². The Labute approximate surface area is 133 Å². The van der Waals surface area contributed by atoms with Gasteiger partial charge in [-0.3, -0.25) is 4.68 Å². The van der Waals surface area contributed by atoms with Gasteiger partial charge in [-0.2, -0.15) is 5.10 Å². The van der Waals surface area contributed by atoms with Crippen LogP contribution in [-0.2, 0) is 13.5 Å². The fourth-order valence-electron chi connectivity index (χ4n) is 2.42. The molecule has 0 saturated heterocycles. The van der Waals surface area contributed by atoms with E-state index in [1.165, 1.54) is 11.8 Å². The first-order chi connectivity index (χ1) is 10.0. The summed E-state index contributed by atoms with van der Waals surface area (Å²) in [6.07, 6.45) is 1.89. The van der Waals surface area contributed by atoms with Crippen molar-refractivity contribution in [1.29, 1.82) is 0 Å². The van der Waals surface area contributed by atoms with Crippen molar-refractivity contribution < 1.29 is 4.39 Å². The van der Waals surface area contributed by atoms with Gasteiger partial charge in [-0.1, -0.05) is 13.0 Å². The van der Waals surface area contributed by atoms with Gasteiger partial charge in [0.05, 0.1) is 10.2 Å². The van der Waals surface area contributed by atoms with Crippen molar-refractivity contribution in [3.8, 4) is 0 Å². The number of hydrogen-bond acceptors (Lipinski definition) is 2. The van der Waals surface area contributed by atoms with Crippen molar-refractivity contribution in [3.05, 3.63) is 51.5 Å². The monoisotopic (exact) mass is 353 g/mol. The molecule has 114 valence electrons. The van der Waals surface area contributed by atoms with E-state index in [1.54, 1.807) is 0 Å². The Bertz CT molecular complexity index is 610. The number of hydrogen-bond donors (Lipinski definition) is 1. The minimum absolute atomic E-state index is 0.150. The highest BCUT2D eigenvalue weighted by Crippen LogP contribution is 2.24. The third kappa shape index (κ3) is 4.14. The van der Waals surface area contributed by atoms with Gasteiger partial charge in [-0.15, -0.1) is 0 Å². The van der Waals surface area contributed by atoms with Crippen LogP contribution in [0.5, 0.6) is 0 Å². The third-order valence-electron chi connectivity index (χ3n) is 3.50. The van der Waals surface area contributed by atoms with E-state index in [9.17, 15) is 4.39 Å². The third-order valence-corrected chi connectivity index (χ3v) is 4.11. The van der Waals surface area contributed by atoms with Crippen molar-refractivity contribution in [2.75, 3.05) is 6.54 Å². The molecule has 1 aromatic carbocycles. The van der Waals surface area contributed by atoms with Gasteiger partial charge in [0.1, 0.15) is 5.82 Å². The molecule has 1 atom stereocenters. The number of nitrogens with zero attached hydrogens (tertiary/aromatic N) is 2. The first-order valence-electron chi connectivity index (χ1n) is 7.19. The van der Waals surface area contributed by atoms with E-state index in [0.29, 0.717) is 4.47 Å². The van der Waals surface area contributed by atoms with E-state index >= 15 is 0 Å². The number of rotatable bonds is 6. The van der Waals surface area contributed by atoms with Crippen molar-refractivity contribution in [3.63, 3.8) is 0 Å². The normalized spacial score (nSPS) is 12.6. The van der Waals surface area contributed by atoms with Crippen molar-refractivity contribution in [2.45, 2.75) is 32.7 Å². The molecule has 1 unspecified atom stereocenters. The molecule has 2 aromatic rings. The molecule has 0 spiro atoms. The Morgan fingerprint density at radius 3 is 2.71 bits per heavy atom. The Morgan fingerprint density at radius 2 is 2.14 bits per heavy atom. The molecule has 2 rings (SSSR count). The summed E-state index contributed by atoms with van der Waals surface area (Å²) in [6.45, 7) is 5.06. The lowest BCUT2D eigenvalue weighted by molar-refractivity contribution is 0.510. The molecule has 0 aliphatic rings.